The average molecular weight is 221 g/mol. The lowest BCUT2D eigenvalue weighted by molar-refractivity contribution is 0.0780. The van der Waals surface area contributed by atoms with Crippen LogP contribution in [0.25, 0.3) is 0 Å². The summed E-state index contributed by atoms with van der Waals surface area (Å²) >= 11 is 0. The van der Waals surface area contributed by atoms with Gasteiger partial charge in [-0.05, 0) is 18.1 Å². The molecule has 1 heterocycles. The summed E-state index contributed by atoms with van der Waals surface area (Å²) in [7, 11) is 3.58. The van der Waals surface area contributed by atoms with Crippen LogP contribution in [-0.2, 0) is 0 Å². The molecule has 16 heavy (non-hydrogen) atoms. The van der Waals surface area contributed by atoms with E-state index in [2.05, 4.69) is 24.1 Å². The van der Waals surface area contributed by atoms with E-state index in [0.717, 1.165) is 6.54 Å². The zero-order valence-corrected chi connectivity index (χ0v) is 10.3. The number of carbonyl (C=O) groups excluding carboxylic acids is 1. The van der Waals surface area contributed by atoms with Gasteiger partial charge in [0.1, 0.15) is 5.82 Å². The number of nitrogens with zero attached hydrogens (tertiary/aromatic N) is 2. The molecule has 4 nitrogen and oxygen atoms in total. The van der Waals surface area contributed by atoms with Gasteiger partial charge >= 0.3 is 0 Å². The highest BCUT2D eigenvalue weighted by Gasteiger charge is 2.16. The molecule has 0 radical (unpaired) electrons. The van der Waals surface area contributed by atoms with E-state index in [0.29, 0.717) is 17.3 Å². The van der Waals surface area contributed by atoms with Crippen molar-refractivity contribution in [1.29, 1.82) is 0 Å². The monoisotopic (exact) mass is 221 g/mol. The molecule has 1 rings (SSSR count). The molecule has 1 N–H and O–H groups in total. The number of hydrogen-bond donors (Lipinski definition) is 1. The third-order valence-electron chi connectivity index (χ3n) is 2.26. The van der Waals surface area contributed by atoms with E-state index < -0.39 is 0 Å². The standard InChI is InChI=1S/C12H19N3O/c1-9(2)8-15(4)12(16)10-6-5-7-14-11(10)13-3/h5-7,9H,8H2,1-4H3,(H,13,14). The largest absolute Gasteiger partial charge is 0.372 e. The molecule has 0 spiro atoms. The number of hydrogen-bond acceptors (Lipinski definition) is 3. The molecule has 0 bridgehead atoms. The van der Waals surface area contributed by atoms with Crippen molar-refractivity contribution in [2.45, 2.75) is 13.8 Å². The topological polar surface area (TPSA) is 45.2 Å². The van der Waals surface area contributed by atoms with Crippen molar-refractivity contribution >= 4 is 11.7 Å². The Morgan fingerprint density at radius 2 is 2.25 bits per heavy atom. The van der Waals surface area contributed by atoms with Gasteiger partial charge in [0, 0.05) is 26.8 Å². The Balaban J connectivity index is 2.87. The first-order valence-corrected chi connectivity index (χ1v) is 5.44. The van der Waals surface area contributed by atoms with Gasteiger partial charge in [-0.15, -0.1) is 0 Å². The van der Waals surface area contributed by atoms with E-state index in [-0.39, 0.29) is 5.91 Å². The SMILES string of the molecule is CNc1ncccc1C(=O)N(C)CC(C)C. The third-order valence-corrected chi connectivity index (χ3v) is 2.26. The van der Waals surface area contributed by atoms with Gasteiger partial charge < -0.3 is 10.2 Å². The molecule has 0 aliphatic heterocycles. The molecule has 0 aliphatic rings. The molecule has 0 saturated heterocycles. The fourth-order valence-electron chi connectivity index (χ4n) is 1.61. The Labute approximate surface area is 96.7 Å². The van der Waals surface area contributed by atoms with Crippen LogP contribution in [-0.4, -0.2) is 36.4 Å². The van der Waals surface area contributed by atoms with Gasteiger partial charge in [-0.25, -0.2) is 4.98 Å². The van der Waals surface area contributed by atoms with Crippen LogP contribution in [0.1, 0.15) is 24.2 Å². The van der Waals surface area contributed by atoms with E-state index in [1.807, 2.05) is 7.05 Å². The predicted octanol–water partition coefficient (Wildman–Crippen LogP) is 1.85. The molecule has 0 unspecified atom stereocenters. The number of aromatic nitrogens is 1. The maximum atomic E-state index is 12.1. The minimum atomic E-state index is 0.00569. The molecule has 1 aromatic heterocycles. The zero-order chi connectivity index (χ0) is 12.1. The van der Waals surface area contributed by atoms with E-state index in [4.69, 9.17) is 0 Å². The van der Waals surface area contributed by atoms with E-state index in [1.165, 1.54) is 0 Å². The maximum absolute atomic E-state index is 12.1. The molecule has 4 heteroatoms. The molecule has 0 aliphatic carbocycles. The molecule has 1 aromatic rings. The Morgan fingerprint density at radius 3 is 2.81 bits per heavy atom. The first-order valence-electron chi connectivity index (χ1n) is 5.44. The van der Waals surface area contributed by atoms with Crippen molar-refractivity contribution in [3.8, 4) is 0 Å². The second kappa shape index (κ2) is 5.49. The summed E-state index contributed by atoms with van der Waals surface area (Å²) in [6.45, 7) is 4.93. The van der Waals surface area contributed by atoms with Crippen molar-refractivity contribution in [2.24, 2.45) is 5.92 Å². The zero-order valence-electron chi connectivity index (χ0n) is 10.3. The smallest absolute Gasteiger partial charge is 0.257 e. The van der Waals surface area contributed by atoms with Crippen molar-refractivity contribution < 1.29 is 4.79 Å². The highest BCUT2D eigenvalue weighted by Crippen LogP contribution is 2.13. The first-order chi connectivity index (χ1) is 7.56. The second-order valence-corrected chi connectivity index (χ2v) is 4.23. The lowest BCUT2D eigenvalue weighted by atomic mass is 10.2. The van der Waals surface area contributed by atoms with Gasteiger partial charge in [0.2, 0.25) is 0 Å². The minimum Gasteiger partial charge on any atom is -0.372 e. The molecule has 88 valence electrons. The normalized spacial score (nSPS) is 10.3. The van der Waals surface area contributed by atoms with Crippen LogP contribution >= 0.6 is 0 Å². The lowest BCUT2D eigenvalue weighted by Crippen LogP contribution is -2.30. The molecule has 0 saturated carbocycles. The molecule has 0 aromatic carbocycles. The van der Waals surface area contributed by atoms with Crippen LogP contribution in [0.4, 0.5) is 5.82 Å². The summed E-state index contributed by atoms with van der Waals surface area (Å²) in [5, 5.41) is 2.93. The fraction of sp³-hybridized carbons (Fsp3) is 0.500. The number of anilines is 1. The fourth-order valence-corrected chi connectivity index (χ4v) is 1.61. The van der Waals surface area contributed by atoms with Crippen LogP contribution in [0.3, 0.4) is 0 Å². The van der Waals surface area contributed by atoms with E-state index in [1.54, 1.807) is 30.3 Å². The van der Waals surface area contributed by atoms with Crippen LogP contribution in [0.2, 0.25) is 0 Å². The third kappa shape index (κ3) is 2.95. The van der Waals surface area contributed by atoms with Gasteiger partial charge in [-0.2, -0.15) is 0 Å². The first kappa shape index (κ1) is 12.5. The number of rotatable bonds is 4. The Morgan fingerprint density at radius 1 is 1.56 bits per heavy atom. The van der Waals surface area contributed by atoms with Gasteiger partial charge in [0.05, 0.1) is 5.56 Å². The van der Waals surface area contributed by atoms with E-state index in [9.17, 15) is 4.79 Å². The Hall–Kier alpha value is -1.58. The number of pyridine rings is 1. The molecule has 0 fully saturated rings. The Bertz CT molecular complexity index is 363. The molecular weight excluding hydrogens is 202 g/mol. The minimum absolute atomic E-state index is 0.00569. The van der Waals surface area contributed by atoms with Crippen LogP contribution in [0, 0.1) is 5.92 Å². The van der Waals surface area contributed by atoms with Crippen molar-refractivity contribution in [2.75, 3.05) is 26.0 Å². The lowest BCUT2D eigenvalue weighted by Gasteiger charge is -2.20. The van der Waals surface area contributed by atoms with Crippen LogP contribution < -0.4 is 5.32 Å². The summed E-state index contributed by atoms with van der Waals surface area (Å²) in [5.74, 6) is 1.10. The van der Waals surface area contributed by atoms with Crippen LogP contribution in [0.15, 0.2) is 18.3 Å². The summed E-state index contributed by atoms with van der Waals surface area (Å²) in [5.41, 5.74) is 0.619. The number of nitrogens with one attached hydrogen (secondary N) is 1. The molecular formula is C12H19N3O. The van der Waals surface area contributed by atoms with Crippen molar-refractivity contribution in [3.05, 3.63) is 23.9 Å². The molecule has 0 atom stereocenters. The van der Waals surface area contributed by atoms with E-state index >= 15 is 0 Å². The Kier molecular flexibility index (Phi) is 4.28. The summed E-state index contributed by atoms with van der Waals surface area (Å²) in [6.07, 6.45) is 1.67. The second-order valence-electron chi connectivity index (χ2n) is 4.23. The van der Waals surface area contributed by atoms with Crippen LogP contribution in [0.5, 0.6) is 0 Å². The average Bonchev–Trinajstić information content (AvgIpc) is 2.27. The summed E-state index contributed by atoms with van der Waals surface area (Å²) < 4.78 is 0. The van der Waals surface area contributed by atoms with Gasteiger partial charge in [0.25, 0.3) is 5.91 Å². The van der Waals surface area contributed by atoms with Crippen molar-refractivity contribution in [3.63, 3.8) is 0 Å². The number of carbonyl (C=O) groups is 1. The maximum Gasteiger partial charge on any atom is 0.257 e. The van der Waals surface area contributed by atoms with Crippen molar-refractivity contribution in [1.82, 2.24) is 9.88 Å². The quantitative estimate of drug-likeness (QED) is 0.844. The predicted molar refractivity (Wildman–Crippen MR) is 65.6 cm³/mol. The van der Waals surface area contributed by atoms with Gasteiger partial charge in [-0.1, -0.05) is 13.8 Å². The molecule has 1 amide bonds. The highest BCUT2D eigenvalue weighted by molar-refractivity contribution is 5.98. The van der Waals surface area contributed by atoms with Gasteiger partial charge in [0.15, 0.2) is 0 Å². The summed E-state index contributed by atoms with van der Waals surface area (Å²) in [4.78, 5) is 18.0. The summed E-state index contributed by atoms with van der Waals surface area (Å²) in [6, 6.07) is 3.56. The number of amides is 1. The highest BCUT2D eigenvalue weighted by atomic mass is 16.2. The van der Waals surface area contributed by atoms with Gasteiger partial charge in [-0.3, -0.25) is 4.79 Å².